The van der Waals surface area contributed by atoms with E-state index < -0.39 is 0 Å². The minimum Gasteiger partial charge on any atom is -0.271 e. The number of nitriles is 1. The fourth-order valence-corrected chi connectivity index (χ4v) is 1.66. The van der Waals surface area contributed by atoms with Crippen molar-refractivity contribution in [2.24, 2.45) is 5.10 Å². The second-order valence-electron chi connectivity index (χ2n) is 4.28. The third-order valence-corrected chi connectivity index (χ3v) is 2.73. The number of hydrogen-bond acceptors (Lipinski definition) is 5. The number of hydrazone groups is 1. The van der Waals surface area contributed by atoms with E-state index in [-0.39, 0.29) is 5.91 Å². The zero-order valence-corrected chi connectivity index (χ0v) is 11.5. The van der Waals surface area contributed by atoms with Gasteiger partial charge in [0, 0.05) is 24.2 Å². The van der Waals surface area contributed by atoms with E-state index in [1.165, 1.54) is 12.4 Å². The number of aryl methyl sites for hydroxylation is 2. The summed E-state index contributed by atoms with van der Waals surface area (Å²) in [5, 5.41) is 16.7. The molecule has 2 aromatic rings. The summed E-state index contributed by atoms with van der Waals surface area (Å²) in [4.78, 5) is 15.6. The monoisotopic (exact) mass is 282 g/mol. The van der Waals surface area contributed by atoms with E-state index in [0.717, 1.165) is 11.3 Å². The normalized spacial score (nSPS) is 10.5. The molecule has 21 heavy (non-hydrogen) atoms. The van der Waals surface area contributed by atoms with Crippen LogP contribution in [-0.2, 0) is 6.54 Å². The Hall–Kier alpha value is -3.01. The number of nitrogens with zero attached hydrogens (tertiary/aromatic N) is 5. The molecule has 1 N–H and O–H groups in total. The van der Waals surface area contributed by atoms with Crippen molar-refractivity contribution in [3.8, 4) is 6.07 Å². The van der Waals surface area contributed by atoms with Crippen LogP contribution in [0.5, 0.6) is 0 Å². The smallest absolute Gasteiger partial charge is 0.271 e. The molecule has 2 heterocycles. The number of rotatable bonds is 5. The molecule has 7 heteroatoms. The number of pyridine rings is 1. The SMILES string of the molecule is Cc1nn(CCC#N)cc1/C=N\NC(=O)c1cccnc1. The van der Waals surface area contributed by atoms with Gasteiger partial charge < -0.3 is 0 Å². The summed E-state index contributed by atoms with van der Waals surface area (Å²) in [6.45, 7) is 2.38. The van der Waals surface area contributed by atoms with E-state index in [2.05, 4.69) is 26.7 Å². The molecule has 0 unspecified atom stereocenters. The molecule has 0 bridgehead atoms. The zero-order chi connectivity index (χ0) is 15.1. The van der Waals surface area contributed by atoms with Gasteiger partial charge in [0.15, 0.2) is 0 Å². The van der Waals surface area contributed by atoms with Crippen LogP contribution in [0.15, 0.2) is 35.8 Å². The van der Waals surface area contributed by atoms with Crippen LogP contribution in [0.3, 0.4) is 0 Å². The zero-order valence-electron chi connectivity index (χ0n) is 11.5. The second kappa shape index (κ2) is 6.96. The first kappa shape index (κ1) is 14.4. The molecule has 0 atom stereocenters. The Morgan fingerprint density at radius 3 is 3.19 bits per heavy atom. The van der Waals surface area contributed by atoms with E-state index in [4.69, 9.17) is 5.26 Å². The van der Waals surface area contributed by atoms with E-state index in [1.807, 2.05) is 6.92 Å². The van der Waals surface area contributed by atoms with Crippen molar-refractivity contribution in [1.82, 2.24) is 20.2 Å². The Morgan fingerprint density at radius 1 is 1.62 bits per heavy atom. The van der Waals surface area contributed by atoms with Crippen molar-refractivity contribution in [2.75, 3.05) is 0 Å². The lowest BCUT2D eigenvalue weighted by molar-refractivity contribution is 0.0955. The number of hydrogen-bond donors (Lipinski definition) is 1. The molecule has 2 aromatic heterocycles. The maximum atomic E-state index is 11.7. The molecule has 0 aliphatic carbocycles. The fraction of sp³-hybridized carbons (Fsp3) is 0.214. The third-order valence-electron chi connectivity index (χ3n) is 2.73. The van der Waals surface area contributed by atoms with Gasteiger partial charge in [0.2, 0.25) is 0 Å². The first-order valence-electron chi connectivity index (χ1n) is 6.35. The Balaban J connectivity index is 1.97. The van der Waals surface area contributed by atoms with Crippen molar-refractivity contribution in [3.05, 3.63) is 47.5 Å². The number of carbonyl (C=O) groups excluding carboxylic acids is 1. The first-order valence-corrected chi connectivity index (χ1v) is 6.35. The minimum atomic E-state index is -0.325. The lowest BCUT2D eigenvalue weighted by Crippen LogP contribution is -2.17. The van der Waals surface area contributed by atoms with Gasteiger partial charge in [-0.1, -0.05) is 0 Å². The van der Waals surface area contributed by atoms with Gasteiger partial charge in [-0.3, -0.25) is 14.5 Å². The van der Waals surface area contributed by atoms with Gasteiger partial charge in [-0.15, -0.1) is 0 Å². The van der Waals surface area contributed by atoms with Crippen molar-refractivity contribution in [2.45, 2.75) is 19.9 Å². The molecule has 0 aliphatic heterocycles. The summed E-state index contributed by atoms with van der Waals surface area (Å²) in [5.74, 6) is -0.325. The Kier molecular flexibility index (Phi) is 4.77. The van der Waals surface area contributed by atoms with Gasteiger partial charge in [-0.25, -0.2) is 5.43 Å². The van der Waals surface area contributed by atoms with Gasteiger partial charge in [-0.2, -0.15) is 15.5 Å². The van der Waals surface area contributed by atoms with Gasteiger partial charge >= 0.3 is 0 Å². The summed E-state index contributed by atoms with van der Waals surface area (Å²) in [6, 6.07) is 5.40. The van der Waals surface area contributed by atoms with Crippen LogP contribution in [0, 0.1) is 18.3 Å². The van der Waals surface area contributed by atoms with Crippen LogP contribution >= 0.6 is 0 Å². The summed E-state index contributed by atoms with van der Waals surface area (Å²) in [5.41, 5.74) is 4.44. The highest BCUT2D eigenvalue weighted by atomic mass is 16.2. The topological polar surface area (TPSA) is 96.0 Å². The molecule has 0 radical (unpaired) electrons. The highest BCUT2D eigenvalue weighted by Crippen LogP contribution is 2.03. The number of nitrogens with one attached hydrogen (secondary N) is 1. The summed E-state index contributed by atoms with van der Waals surface area (Å²) in [6.07, 6.45) is 6.77. The molecule has 0 fully saturated rings. The molecular formula is C14H14N6O. The lowest BCUT2D eigenvalue weighted by Gasteiger charge is -1.97. The number of aromatic nitrogens is 3. The Bertz CT molecular complexity index is 683. The van der Waals surface area contributed by atoms with Crippen LogP contribution in [-0.4, -0.2) is 26.9 Å². The summed E-state index contributed by atoms with van der Waals surface area (Å²) in [7, 11) is 0. The average Bonchev–Trinajstić information content (AvgIpc) is 2.86. The van der Waals surface area contributed by atoms with Crippen LogP contribution in [0.1, 0.15) is 28.0 Å². The van der Waals surface area contributed by atoms with Crippen LogP contribution in [0.4, 0.5) is 0 Å². The molecule has 0 saturated carbocycles. The van der Waals surface area contributed by atoms with Crippen molar-refractivity contribution >= 4 is 12.1 Å². The summed E-state index contributed by atoms with van der Waals surface area (Å²) >= 11 is 0. The fourth-order valence-electron chi connectivity index (χ4n) is 1.66. The largest absolute Gasteiger partial charge is 0.272 e. The molecule has 1 amide bonds. The number of carbonyl (C=O) groups is 1. The van der Waals surface area contributed by atoms with Gasteiger partial charge in [0.05, 0.1) is 36.5 Å². The molecule has 2 rings (SSSR count). The van der Waals surface area contributed by atoms with Crippen molar-refractivity contribution in [3.63, 3.8) is 0 Å². The van der Waals surface area contributed by atoms with E-state index in [0.29, 0.717) is 18.5 Å². The van der Waals surface area contributed by atoms with E-state index in [9.17, 15) is 4.79 Å². The van der Waals surface area contributed by atoms with Crippen molar-refractivity contribution < 1.29 is 4.79 Å². The molecular weight excluding hydrogens is 268 g/mol. The van der Waals surface area contributed by atoms with Crippen LogP contribution in [0.2, 0.25) is 0 Å². The first-order chi connectivity index (χ1) is 10.2. The van der Waals surface area contributed by atoms with Crippen molar-refractivity contribution in [1.29, 1.82) is 5.26 Å². The highest BCUT2D eigenvalue weighted by Gasteiger charge is 2.04. The molecule has 0 spiro atoms. The molecule has 106 valence electrons. The minimum absolute atomic E-state index is 0.325. The van der Waals surface area contributed by atoms with Gasteiger partial charge in [-0.05, 0) is 19.1 Å². The van der Waals surface area contributed by atoms with Crippen LogP contribution < -0.4 is 5.43 Å². The predicted octanol–water partition coefficient (Wildman–Crippen LogP) is 1.26. The van der Waals surface area contributed by atoms with E-state index in [1.54, 1.807) is 29.2 Å². The molecule has 0 aliphatic rings. The Morgan fingerprint density at radius 2 is 2.48 bits per heavy atom. The third kappa shape index (κ3) is 3.98. The highest BCUT2D eigenvalue weighted by molar-refractivity contribution is 5.94. The number of amides is 1. The molecule has 0 saturated heterocycles. The molecule has 7 nitrogen and oxygen atoms in total. The standard InChI is InChI=1S/C14H14N6O/c1-11-13(10-20(19-11)7-3-5-15)9-17-18-14(21)12-4-2-6-16-8-12/h2,4,6,8-10H,3,7H2,1H3,(H,18,21)/b17-9-. The maximum absolute atomic E-state index is 11.7. The Labute approximate surface area is 121 Å². The lowest BCUT2D eigenvalue weighted by atomic mass is 10.3. The summed E-state index contributed by atoms with van der Waals surface area (Å²) < 4.78 is 1.68. The molecule has 0 aromatic carbocycles. The predicted molar refractivity (Wildman–Crippen MR) is 76.5 cm³/mol. The maximum Gasteiger partial charge on any atom is 0.272 e. The van der Waals surface area contributed by atoms with Gasteiger partial charge in [0.1, 0.15) is 0 Å². The average molecular weight is 282 g/mol. The quantitative estimate of drug-likeness (QED) is 0.659. The van der Waals surface area contributed by atoms with Gasteiger partial charge in [0.25, 0.3) is 5.91 Å². The van der Waals surface area contributed by atoms with Crippen LogP contribution in [0.25, 0.3) is 0 Å². The second-order valence-corrected chi connectivity index (χ2v) is 4.28. The van der Waals surface area contributed by atoms with E-state index >= 15 is 0 Å².